The fourth-order valence-corrected chi connectivity index (χ4v) is 1.72. The van der Waals surface area contributed by atoms with Crippen LogP contribution in [0.2, 0.25) is 0 Å². The van der Waals surface area contributed by atoms with Crippen LogP contribution in [0.5, 0.6) is 11.5 Å². The van der Waals surface area contributed by atoms with Crippen LogP contribution in [0, 0.1) is 11.3 Å². The smallest absolute Gasteiger partial charge is 0.185 e. The Balaban J connectivity index is 2.04. The van der Waals surface area contributed by atoms with Crippen molar-refractivity contribution < 1.29 is 14.6 Å². The Labute approximate surface area is 122 Å². The molecule has 2 aromatic rings. The van der Waals surface area contributed by atoms with Gasteiger partial charge in [-0.25, -0.2) is 0 Å². The molecule has 1 N–H and O–H groups in total. The van der Waals surface area contributed by atoms with E-state index in [0.29, 0.717) is 11.3 Å². The summed E-state index contributed by atoms with van der Waals surface area (Å²) in [6.45, 7) is 0.00513. The summed E-state index contributed by atoms with van der Waals surface area (Å²) in [5.41, 5.74) is 1.27. The van der Waals surface area contributed by atoms with E-state index in [9.17, 15) is 9.90 Å². The standard InChI is InChI=1S/C17H13NO3/c18-10-11-21-16-7-4-13(5-8-16)6-9-17(20)14-2-1-3-15(19)12-14/h1-9,12,19H,11H2/b9-6+. The van der Waals surface area contributed by atoms with E-state index in [-0.39, 0.29) is 18.1 Å². The average Bonchev–Trinajstić information content (AvgIpc) is 2.51. The summed E-state index contributed by atoms with van der Waals surface area (Å²) in [6.07, 6.45) is 3.13. The molecule has 2 aromatic carbocycles. The fraction of sp³-hybridized carbons (Fsp3) is 0.0588. The molecule has 0 unspecified atom stereocenters. The monoisotopic (exact) mass is 279 g/mol. The molecule has 0 aliphatic heterocycles. The first kappa shape index (κ1) is 14.4. The summed E-state index contributed by atoms with van der Waals surface area (Å²) in [4.78, 5) is 11.9. The minimum atomic E-state index is -0.185. The van der Waals surface area contributed by atoms with E-state index in [1.54, 1.807) is 42.5 Å². The number of aromatic hydroxyl groups is 1. The molecule has 21 heavy (non-hydrogen) atoms. The number of carbonyl (C=O) groups excluding carboxylic acids is 1. The van der Waals surface area contributed by atoms with Crippen LogP contribution < -0.4 is 4.74 Å². The highest BCUT2D eigenvalue weighted by Crippen LogP contribution is 2.15. The summed E-state index contributed by atoms with van der Waals surface area (Å²) in [7, 11) is 0. The second kappa shape index (κ2) is 6.92. The number of nitrogens with zero attached hydrogens (tertiary/aromatic N) is 1. The number of carbonyl (C=O) groups is 1. The van der Waals surface area contributed by atoms with E-state index in [1.165, 1.54) is 18.2 Å². The number of allylic oxidation sites excluding steroid dienone is 1. The zero-order valence-corrected chi connectivity index (χ0v) is 11.2. The van der Waals surface area contributed by atoms with E-state index in [4.69, 9.17) is 10.00 Å². The molecule has 0 saturated heterocycles. The molecule has 4 heteroatoms. The number of ketones is 1. The number of hydrogen-bond donors (Lipinski definition) is 1. The predicted octanol–water partition coefficient (Wildman–Crippen LogP) is 3.19. The third-order valence-corrected chi connectivity index (χ3v) is 2.74. The second-order valence-electron chi connectivity index (χ2n) is 4.26. The molecular weight excluding hydrogens is 266 g/mol. The number of nitriles is 1. The van der Waals surface area contributed by atoms with Crippen LogP contribution in [0.3, 0.4) is 0 Å². The van der Waals surface area contributed by atoms with Crippen LogP contribution >= 0.6 is 0 Å². The minimum absolute atomic E-state index is 0.00513. The number of phenols is 1. The van der Waals surface area contributed by atoms with Crippen molar-refractivity contribution in [3.05, 3.63) is 65.7 Å². The maximum Gasteiger partial charge on any atom is 0.185 e. The van der Waals surface area contributed by atoms with Gasteiger partial charge in [0.25, 0.3) is 0 Å². The van der Waals surface area contributed by atoms with Crippen molar-refractivity contribution in [1.29, 1.82) is 5.26 Å². The number of hydrogen-bond acceptors (Lipinski definition) is 4. The summed E-state index contributed by atoms with van der Waals surface area (Å²) >= 11 is 0. The van der Waals surface area contributed by atoms with Crippen molar-refractivity contribution in [2.75, 3.05) is 6.61 Å². The molecule has 0 saturated carbocycles. The van der Waals surface area contributed by atoms with E-state index in [2.05, 4.69) is 0 Å². The van der Waals surface area contributed by atoms with E-state index in [1.807, 2.05) is 6.07 Å². The molecule has 0 aliphatic rings. The molecule has 2 rings (SSSR count). The molecular formula is C17H13NO3. The molecule has 0 heterocycles. The van der Waals surface area contributed by atoms with Crippen LogP contribution in [-0.4, -0.2) is 17.5 Å². The van der Waals surface area contributed by atoms with Crippen LogP contribution in [-0.2, 0) is 0 Å². The van der Waals surface area contributed by atoms with Crippen molar-refractivity contribution >= 4 is 11.9 Å². The van der Waals surface area contributed by atoms with Gasteiger partial charge in [0.2, 0.25) is 0 Å². The molecule has 104 valence electrons. The van der Waals surface area contributed by atoms with Gasteiger partial charge < -0.3 is 9.84 Å². The van der Waals surface area contributed by atoms with Gasteiger partial charge in [-0.15, -0.1) is 0 Å². The van der Waals surface area contributed by atoms with Gasteiger partial charge >= 0.3 is 0 Å². The van der Waals surface area contributed by atoms with Crippen LogP contribution in [0.15, 0.2) is 54.6 Å². The average molecular weight is 279 g/mol. The Hall–Kier alpha value is -3.06. The topological polar surface area (TPSA) is 70.3 Å². The van der Waals surface area contributed by atoms with Gasteiger partial charge in [0, 0.05) is 5.56 Å². The lowest BCUT2D eigenvalue weighted by Crippen LogP contribution is -1.94. The highest BCUT2D eigenvalue weighted by atomic mass is 16.5. The SMILES string of the molecule is N#CCOc1ccc(/C=C/C(=O)c2cccc(O)c2)cc1. The third-order valence-electron chi connectivity index (χ3n) is 2.74. The van der Waals surface area contributed by atoms with Gasteiger partial charge in [0.15, 0.2) is 12.4 Å². The highest BCUT2D eigenvalue weighted by Gasteiger charge is 2.02. The summed E-state index contributed by atoms with van der Waals surface area (Å²) in [5, 5.41) is 17.7. The quantitative estimate of drug-likeness (QED) is 0.674. The molecule has 0 atom stereocenters. The van der Waals surface area contributed by atoms with Crippen molar-refractivity contribution in [2.24, 2.45) is 0 Å². The maximum atomic E-state index is 11.9. The molecule has 0 bridgehead atoms. The van der Waals surface area contributed by atoms with Crippen LogP contribution in [0.4, 0.5) is 0 Å². The van der Waals surface area contributed by atoms with Gasteiger partial charge in [-0.3, -0.25) is 4.79 Å². The minimum Gasteiger partial charge on any atom is -0.508 e. The molecule has 0 aromatic heterocycles. The zero-order valence-electron chi connectivity index (χ0n) is 11.2. The second-order valence-corrected chi connectivity index (χ2v) is 4.26. The van der Waals surface area contributed by atoms with Crippen molar-refractivity contribution in [3.63, 3.8) is 0 Å². The summed E-state index contributed by atoms with van der Waals surface area (Å²) in [5.74, 6) is 0.483. The van der Waals surface area contributed by atoms with Crippen molar-refractivity contribution in [2.45, 2.75) is 0 Å². The molecule has 4 nitrogen and oxygen atoms in total. The fourth-order valence-electron chi connectivity index (χ4n) is 1.72. The Morgan fingerprint density at radius 2 is 2.00 bits per heavy atom. The van der Waals surface area contributed by atoms with Gasteiger partial charge in [0.05, 0.1) is 0 Å². The van der Waals surface area contributed by atoms with E-state index >= 15 is 0 Å². The Morgan fingerprint density at radius 1 is 1.24 bits per heavy atom. The number of phenolic OH excluding ortho intramolecular Hbond substituents is 1. The van der Waals surface area contributed by atoms with Gasteiger partial charge in [-0.1, -0.05) is 30.3 Å². The molecule has 0 radical (unpaired) electrons. The maximum absolute atomic E-state index is 11.9. The highest BCUT2D eigenvalue weighted by molar-refractivity contribution is 6.07. The molecule has 0 spiro atoms. The van der Waals surface area contributed by atoms with E-state index < -0.39 is 0 Å². The number of ether oxygens (including phenoxy) is 1. The lowest BCUT2D eigenvalue weighted by atomic mass is 10.1. The lowest BCUT2D eigenvalue weighted by Gasteiger charge is -2.01. The first-order valence-electron chi connectivity index (χ1n) is 6.30. The molecule has 0 fully saturated rings. The first-order valence-corrected chi connectivity index (χ1v) is 6.30. The van der Waals surface area contributed by atoms with Crippen molar-refractivity contribution in [3.8, 4) is 17.6 Å². The van der Waals surface area contributed by atoms with Crippen LogP contribution in [0.1, 0.15) is 15.9 Å². The number of rotatable bonds is 5. The Bertz CT molecular complexity index is 697. The van der Waals surface area contributed by atoms with Gasteiger partial charge in [0.1, 0.15) is 17.6 Å². The first-order chi connectivity index (χ1) is 10.2. The van der Waals surface area contributed by atoms with Gasteiger partial charge in [-0.2, -0.15) is 5.26 Å². The zero-order chi connectivity index (χ0) is 15.1. The third kappa shape index (κ3) is 4.22. The summed E-state index contributed by atoms with van der Waals surface area (Å²) < 4.78 is 5.14. The largest absolute Gasteiger partial charge is 0.508 e. The number of benzene rings is 2. The van der Waals surface area contributed by atoms with Crippen molar-refractivity contribution in [1.82, 2.24) is 0 Å². The lowest BCUT2D eigenvalue weighted by molar-refractivity contribution is 0.104. The Morgan fingerprint density at radius 3 is 2.67 bits per heavy atom. The normalized spacial score (nSPS) is 10.2. The molecule has 0 amide bonds. The van der Waals surface area contributed by atoms with E-state index in [0.717, 1.165) is 5.56 Å². The van der Waals surface area contributed by atoms with Crippen LogP contribution in [0.25, 0.3) is 6.08 Å². The summed E-state index contributed by atoms with van der Waals surface area (Å²) in [6, 6.07) is 15.1. The Kier molecular flexibility index (Phi) is 4.73. The molecule has 0 aliphatic carbocycles. The predicted molar refractivity (Wildman–Crippen MR) is 79.0 cm³/mol. The van der Waals surface area contributed by atoms with Gasteiger partial charge in [-0.05, 0) is 35.9 Å².